The molecule has 32 heavy (non-hydrogen) atoms. The Balaban J connectivity index is 1.51. The summed E-state index contributed by atoms with van der Waals surface area (Å²) in [6.45, 7) is 0. The molecule has 0 aliphatic rings. The van der Waals surface area contributed by atoms with E-state index in [0.29, 0.717) is 27.9 Å². The summed E-state index contributed by atoms with van der Waals surface area (Å²) in [5.41, 5.74) is 1.33. The second-order valence-electron chi connectivity index (χ2n) is 6.51. The third kappa shape index (κ3) is 4.44. The number of methoxy groups -OCH3 is 1. The molecule has 12 heteroatoms. The van der Waals surface area contributed by atoms with Gasteiger partial charge in [-0.3, -0.25) is 9.89 Å². The van der Waals surface area contributed by atoms with Crippen molar-refractivity contribution in [2.45, 2.75) is 4.21 Å². The van der Waals surface area contributed by atoms with E-state index in [4.69, 9.17) is 16.3 Å². The molecule has 0 aliphatic carbocycles. The smallest absolute Gasteiger partial charge is 0.333 e. The second kappa shape index (κ2) is 8.61. The molecule has 2 aromatic carbocycles. The number of nitrogens with zero attached hydrogens (tertiary/aromatic N) is 1. The van der Waals surface area contributed by atoms with Gasteiger partial charge in [0.25, 0.3) is 10.0 Å². The lowest BCUT2D eigenvalue weighted by Gasteiger charge is -2.08. The number of carbonyl (C=O) groups is 1. The lowest BCUT2D eigenvalue weighted by Crippen LogP contribution is -2.33. The number of aromatic amines is 1. The molecule has 2 amide bonds. The third-order valence-electron chi connectivity index (χ3n) is 4.43. The summed E-state index contributed by atoms with van der Waals surface area (Å²) in [5, 5.41) is 9.87. The number of anilines is 1. The molecule has 164 valence electrons. The van der Waals surface area contributed by atoms with Crippen LogP contribution in [0.4, 0.5) is 10.5 Å². The maximum Gasteiger partial charge on any atom is 0.333 e. The average Bonchev–Trinajstić information content (AvgIpc) is 3.21. The Morgan fingerprint density at radius 1 is 1.12 bits per heavy atom. The monoisotopic (exact) mass is 490 g/mol. The van der Waals surface area contributed by atoms with Gasteiger partial charge in [-0.2, -0.15) is 5.10 Å². The van der Waals surface area contributed by atoms with Gasteiger partial charge in [-0.25, -0.2) is 17.9 Å². The molecule has 0 aliphatic heterocycles. The molecule has 0 unspecified atom stereocenters. The predicted molar refractivity (Wildman–Crippen MR) is 123 cm³/mol. The number of rotatable bonds is 5. The number of fused-ring (bicyclic) bond motifs is 1. The molecule has 0 atom stereocenters. The molecule has 2 aromatic heterocycles. The van der Waals surface area contributed by atoms with Gasteiger partial charge in [0, 0.05) is 22.7 Å². The molecule has 0 saturated carbocycles. The van der Waals surface area contributed by atoms with Crippen LogP contribution in [-0.4, -0.2) is 31.8 Å². The fourth-order valence-corrected chi connectivity index (χ4v) is 5.30. The first-order valence-electron chi connectivity index (χ1n) is 9.03. The Kier molecular flexibility index (Phi) is 5.87. The second-order valence-corrected chi connectivity index (χ2v) is 10.1. The quantitative estimate of drug-likeness (QED) is 0.390. The van der Waals surface area contributed by atoms with E-state index in [1.54, 1.807) is 30.3 Å². The Labute approximate surface area is 191 Å². The number of sulfonamides is 1. The Hall–Kier alpha value is -3.41. The number of carbonyl (C=O) groups excluding carboxylic acids is 1. The molecule has 0 fully saturated rings. The summed E-state index contributed by atoms with van der Waals surface area (Å²) >= 11 is 6.58. The fourth-order valence-electron chi connectivity index (χ4n) is 2.91. The highest BCUT2D eigenvalue weighted by atomic mass is 35.5. The highest BCUT2D eigenvalue weighted by Gasteiger charge is 2.20. The van der Waals surface area contributed by atoms with E-state index in [2.05, 4.69) is 15.5 Å². The van der Waals surface area contributed by atoms with Crippen LogP contribution < -0.4 is 20.2 Å². The fraction of sp³-hybridized carbons (Fsp3) is 0.0500. The largest absolute Gasteiger partial charge is 0.497 e. The molecule has 0 bridgehead atoms. The number of halogens is 1. The molecule has 4 aromatic rings. The van der Waals surface area contributed by atoms with Crippen LogP contribution in [-0.2, 0) is 10.0 Å². The van der Waals surface area contributed by atoms with Crippen LogP contribution >= 0.6 is 22.9 Å². The summed E-state index contributed by atoms with van der Waals surface area (Å²) < 4.78 is 31.7. The molecular formula is C20H15ClN4O5S2. The van der Waals surface area contributed by atoms with Crippen molar-refractivity contribution >= 4 is 55.6 Å². The van der Waals surface area contributed by atoms with E-state index < -0.39 is 16.1 Å². The third-order valence-corrected chi connectivity index (χ3v) is 7.49. The number of H-pyrrole nitrogens is 1. The SMILES string of the molecule is COc1ccc2c(=O)c(-c3ccc(NC(=O)NS(=O)(=O)c4ccc(Cl)s4)cc3)n[nH]c2c1. The van der Waals surface area contributed by atoms with E-state index >= 15 is 0 Å². The zero-order valence-corrected chi connectivity index (χ0v) is 18.8. The van der Waals surface area contributed by atoms with Crippen molar-refractivity contribution in [2.75, 3.05) is 12.4 Å². The van der Waals surface area contributed by atoms with Crippen LogP contribution in [0.3, 0.4) is 0 Å². The van der Waals surface area contributed by atoms with Crippen molar-refractivity contribution < 1.29 is 17.9 Å². The Bertz CT molecular complexity index is 1480. The van der Waals surface area contributed by atoms with E-state index in [9.17, 15) is 18.0 Å². The molecule has 2 heterocycles. The summed E-state index contributed by atoms with van der Waals surface area (Å²) in [4.78, 5) is 24.9. The summed E-state index contributed by atoms with van der Waals surface area (Å²) in [5.74, 6) is 0.598. The maximum atomic E-state index is 12.8. The van der Waals surface area contributed by atoms with Crippen molar-refractivity contribution in [1.29, 1.82) is 0 Å². The van der Waals surface area contributed by atoms with Crippen molar-refractivity contribution in [2.24, 2.45) is 0 Å². The normalized spacial score (nSPS) is 11.3. The van der Waals surface area contributed by atoms with Crippen LogP contribution in [0.25, 0.3) is 22.2 Å². The zero-order chi connectivity index (χ0) is 22.9. The number of nitrogens with one attached hydrogen (secondary N) is 3. The standard InChI is InChI=1S/C20H15ClN4O5S2/c1-30-13-6-7-14-15(10-13)23-24-18(19(14)26)11-2-4-12(5-3-11)22-20(27)25-32(28,29)17-9-8-16(21)31-17/h2-10H,1H3,(H,23,26)(H2,22,25,27). The van der Waals surface area contributed by atoms with E-state index in [1.807, 2.05) is 4.72 Å². The highest BCUT2D eigenvalue weighted by Crippen LogP contribution is 2.25. The number of urea groups is 1. The lowest BCUT2D eigenvalue weighted by molar-refractivity contribution is 0.256. The Morgan fingerprint density at radius 2 is 1.88 bits per heavy atom. The molecule has 4 rings (SSSR count). The van der Waals surface area contributed by atoms with Crippen molar-refractivity contribution in [3.8, 4) is 17.0 Å². The first kappa shape index (κ1) is 21.8. The van der Waals surface area contributed by atoms with Gasteiger partial charge in [0.2, 0.25) is 5.43 Å². The van der Waals surface area contributed by atoms with Crippen molar-refractivity contribution in [1.82, 2.24) is 14.9 Å². The van der Waals surface area contributed by atoms with Crippen LogP contribution in [0.5, 0.6) is 5.75 Å². The minimum absolute atomic E-state index is 0.0766. The topological polar surface area (TPSA) is 130 Å². The molecule has 0 radical (unpaired) electrons. The summed E-state index contributed by atoms with van der Waals surface area (Å²) in [6, 6.07) is 13.1. The number of hydrogen-bond acceptors (Lipinski definition) is 7. The highest BCUT2D eigenvalue weighted by molar-refractivity contribution is 7.92. The van der Waals surface area contributed by atoms with Crippen LogP contribution in [0, 0.1) is 0 Å². The predicted octanol–water partition coefficient (Wildman–Crippen LogP) is 3.82. The maximum absolute atomic E-state index is 12.8. The summed E-state index contributed by atoms with van der Waals surface area (Å²) in [7, 11) is -2.50. The average molecular weight is 491 g/mol. The number of thiophene rings is 1. The number of amides is 2. The van der Waals surface area contributed by atoms with Gasteiger partial charge in [-0.15, -0.1) is 11.3 Å². The van der Waals surface area contributed by atoms with Gasteiger partial charge in [0.1, 0.15) is 15.7 Å². The molecular weight excluding hydrogens is 476 g/mol. The minimum Gasteiger partial charge on any atom is -0.497 e. The minimum atomic E-state index is -4.03. The van der Waals surface area contributed by atoms with E-state index in [-0.39, 0.29) is 19.7 Å². The van der Waals surface area contributed by atoms with Gasteiger partial charge in [0.15, 0.2) is 0 Å². The van der Waals surface area contributed by atoms with Crippen LogP contribution in [0.2, 0.25) is 4.34 Å². The zero-order valence-electron chi connectivity index (χ0n) is 16.4. The Morgan fingerprint density at radius 3 is 2.53 bits per heavy atom. The van der Waals surface area contributed by atoms with Gasteiger partial charge >= 0.3 is 6.03 Å². The first-order valence-corrected chi connectivity index (χ1v) is 11.7. The first-order chi connectivity index (χ1) is 15.3. The van der Waals surface area contributed by atoms with Gasteiger partial charge in [-0.1, -0.05) is 23.7 Å². The van der Waals surface area contributed by atoms with Crippen molar-refractivity contribution in [3.63, 3.8) is 0 Å². The van der Waals surface area contributed by atoms with Crippen molar-refractivity contribution in [3.05, 3.63) is 69.2 Å². The van der Waals surface area contributed by atoms with Crippen LogP contribution in [0.1, 0.15) is 0 Å². The molecule has 0 spiro atoms. The molecule has 0 saturated heterocycles. The van der Waals surface area contributed by atoms with E-state index in [0.717, 1.165) is 11.3 Å². The van der Waals surface area contributed by atoms with Gasteiger partial charge < -0.3 is 10.1 Å². The van der Waals surface area contributed by atoms with Gasteiger partial charge in [-0.05, 0) is 36.4 Å². The summed E-state index contributed by atoms with van der Waals surface area (Å²) in [6.07, 6.45) is 0. The van der Waals surface area contributed by atoms with E-state index in [1.165, 1.54) is 31.4 Å². The number of aromatic nitrogens is 2. The number of benzene rings is 2. The molecule has 9 nitrogen and oxygen atoms in total. The number of ether oxygens (including phenoxy) is 1. The van der Waals surface area contributed by atoms with Crippen LogP contribution in [0.15, 0.2) is 63.6 Å². The van der Waals surface area contributed by atoms with Gasteiger partial charge in [0.05, 0.1) is 17.0 Å². The number of hydrogen-bond donors (Lipinski definition) is 3. The molecule has 3 N–H and O–H groups in total. The lowest BCUT2D eigenvalue weighted by atomic mass is 10.1.